The molecule has 1 atom stereocenters. The molecule has 0 aromatic heterocycles. The second-order valence-electron chi connectivity index (χ2n) is 5.17. The summed E-state index contributed by atoms with van der Waals surface area (Å²) in [6, 6.07) is 17.4. The molecule has 0 fully saturated rings. The molecule has 1 N–H and O–H groups in total. The van der Waals surface area contributed by atoms with Crippen molar-refractivity contribution in [3.63, 3.8) is 0 Å². The summed E-state index contributed by atoms with van der Waals surface area (Å²) < 4.78 is 0. The lowest BCUT2D eigenvalue weighted by Gasteiger charge is -2.32. The van der Waals surface area contributed by atoms with Gasteiger partial charge in [-0.2, -0.15) is 0 Å². The maximum Gasteiger partial charge on any atom is 0.322 e. The van der Waals surface area contributed by atoms with Gasteiger partial charge in [-0.05, 0) is 30.2 Å². The fraction of sp³-hybridized carbons (Fsp3) is 0.167. The van der Waals surface area contributed by atoms with Crippen molar-refractivity contribution in [2.45, 2.75) is 13.0 Å². The zero-order chi connectivity index (χ0) is 15.5. The standard InChI is InChI=1S/C18H17ClN2O/c1-2-21-12-16(13-6-4-3-5-7-13)17(20-18(21)22)14-8-10-15(19)11-9-14/h3-12,17H,2H2,1H3,(H,20,22). The highest BCUT2D eigenvalue weighted by Gasteiger charge is 2.27. The zero-order valence-electron chi connectivity index (χ0n) is 12.3. The average Bonchev–Trinajstić information content (AvgIpc) is 2.56. The number of carbonyl (C=O) groups is 1. The molecule has 1 heterocycles. The third-order valence-corrected chi connectivity index (χ3v) is 4.04. The Labute approximate surface area is 135 Å². The molecular weight excluding hydrogens is 296 g/mol. The number of hydrogen-bond donors (Lipinski definition) is 1. The molecule has 0 aliphatic carbocycles. The Morgan fingerprint density at radius 3 is 2.41 bits per heavy atom. The van der Waals surface area contributed by atoms with Crippen molar-refractivity contribution in [3.05, 3.63) is 76.9 Å². The minimum absolute atomic E-state index is 0.0814. The van der Waals surface area contributed by atoms with E-state index in [9.17, 15) is 4.79 Å². The molecule has 0 spiro atoms. The van der Waals surface area contributed by atoms with E-state index >= 15 is 0 Å². The van der Waals surface area contributed by atoms with Crippen molar-refractivity contribution < 1.29 is 4.79 Å². The van der Waals surface area contributed by atoms with Gasteiger partial charge in [0.1, 0.15) is 0 Å². The first-order valence-electron chi connectivity index (χ1n) is 7.28. The monoisotopic (exact) mass is 312 g/mol. The summed E-state index contributed by atoms with van der Waals surface area (Å²) in [5.41, 5.74) is 3.19. The lowest BCUT2D eigenvalue weighted by atomic mass is 9.92. The molecule has 0 saturated heterocycles. The fourth-order valence-electron chi connectivity index (χ4n) is 2.61. The van der Waals surface area contributed by atoms with E-state index in [0.717, 1.165) is 16.7 Å². The molecule has 22 heavy (non-hydrogen) atoms. The van der Waals surface area contributed by atoms with Gasteiger partial charge in [0.05, 0.1) is 6.04 Å². The molecular formula is C18H17ClN2O. The first kappa shape index (κ1) is 14.7. The molecule has 0 radical (unpaired) electrons. The van der Waals surface area contributed by atoms with Crippen LogP contribution in [0.5, 0.6) is 0 Å². The Morgan fingerprint density at radius 1 is 1.09 bits per heavy atom. The van der Waals surface area contributed by atoms with Crippen LogP contribution in [0, 0.1) is 0 Å². The minimum Gasteiger partial charge on any atom is -0.327 e. The van der Waals surface area contributed by atoms with Gasteiger partial charge < -0.3 is 10.2 Å². The van der Waals surface area contributed by atoms with Crippen molar-refractivity contribution in [3.8, 4) is 0 Å². The first-order chi connectivity index (χ1) is 10.7. The third kappa shape index (κ3) is 2.85. The largest absolute Gasteiger partial charge is 0.327 e. The van der Waals surface area contributed by atoms with Crippen LogP contribution in [0.15, 0.2) is 60.8 Å². The van der Waals surface area contributed by atoms with Crippen LogP contribution in [-0.2, 0) is 0 Å². The lowest BCUT2D eigenvalue weighted by Crippen LogP contribution is -2.43. The number of nitrogens with one attached hydrogen (secondary N) is 1. The second-order valence-corrected chi connectivity index (χ2v) is 5.61. The molecule has 1 unspecified atom stereocenters. The predicted molar refractivity (Wildman–Crippen MR) is 89.5 cm³/mol. The molecule has 0 saturated carbocycles. The summed E-state index contributed by atoms with van der Waals surface area (Å²) in [5.74, 6) is 0. The quantitative estimate of drug-likeness (QED) is 0.891. The molecule has 4 heteroatoms. The number of rotatable bonds is 3. The van der Waals surface area contributed by atoms with Crippen molar-refractivity contribution in [1.29, 1.82) is 0 Å². The van der Waals surface area contributed by atoms with Gasteiger partial charge in [-0.1, -0.05) is 54.1 Å². The van der Waals surface area contributed by atoms with Crippen LogP contribution in [0.3, 0.4) is 0 Å². The first-order valence-corrected chi connectivity index (χ1v) is 7.66. The Morgan fingerprint density at radius 2 is 1.77 bits per heavy atom. The lowest BCUT2D eigenvalue weighted by molar-refractivity contribution is 0.212. The molecule has 112 valence electrons. The fourth-order valence-corrected chi connectivity index (χ4v) is 2.74. The van der Waals surface area contributed by atoms with Gasteiger partial charge in [0.2, 0.25) is 0 Å². The van der Waals surface area contributed by atoms with Crippen LogP contribution in [0.25, 0.3) is 5.57 Å². The Balaban J connectivity index is 2.06. The van der Waals surface area contributed by atoms with Crippen LogP contribution in [0.1, 0.15) is 24.1 Å². The van der Waals surface area contributed by atoms with E-state index in [1.165, 1.54) is 0 Å². The van der Waals surface area contributed by atoms with E-state index in [4.69, 9.17) is 11.6 Å². The highest BCUT2D eigenvalue weighted by molar-refractivity contribution is 6.30. The van der Waals surface area contributed by atoms with E-state index in [-0.39, 0.29) is 12.1 Å². The molecule has 2 amide bonds. The summed E-state index contributed by atoms with van der Waals surface area (Å²) >= 11 is 5.97. The smallest absolute Gasteiger partial charge is 0.322 e. The molecule has 3 rings (SSSR count). The van der Waals surface area contributed by atoms with E-state index in [2.05, 4.69) is 17.4 Å². The van der Waals surface area contributed by atoms with E-state index in [1.54, 1.807) is 4.90 Å². The van der Waals surface area contributed by atoms with Crippen molar-refractivity contribution in [2.75, 3.05) is 6.54 Å². The Bertz CT molecular complexity index is 695. The summed E-state index contributed by atoms with van der Waals surface area (Å²) in [6.07, 6.45) is 1.94. The van der Waals surface area contributed by atoms with Gasteiger partial charge in [-0.3, -0.25) is 0 Å². The maximum absolute atomic E-state index is 12.2. The van der Waals surface area contributed by atoms with Crippen LogP contribution < -0.4 is 5.32 Å². The normalized spacial score (nSPS) is 17.9. The van der Waals surface area contributed by atoms with E-state index < -0.39 is 0 Å². The van der Waals surface area contributed by atoms with Crippen molar-refractivity contribution >= 4 is 23.2 Å². The summed E-state index contributed by atoms with van der Waals surface area (Å²) in [5, 5.41) is 3.76. The zero-order valence-corrected chi connectivity index (χ0v) is 13.0. The number of nitrogens with zero attached hydrogens (tertiary/aromatic N) is 1. The van der Waals surface area contributed by atoms with Crippen molar-refractivity contribution in [2.24, 2.45) is 0 Å². The van der Waals surface area contributed by atoms with Gasteiger partial charge >= 0.3 is 6.03 Å². The van der Waals surface area contributed by atoms with Gasteiger partial charge in [0, 0.05) is 23.3 Å². The molecule has 1 aliphatic rings. The molecule has 3 nitrogen and oxygen atoms in total. The number of benzene rings is 2. The topological polar surface area (TPSA) is 32.3 Å². The number of halogens is 1. The molecule has 2 aromatic rings. The summed E-state index contributed by atoms with van der Waals surface area (Å²) in [4.78, 5) is 13.9. The predicted octanol–water partition coefficient (Wildman–Crippen LogP) is 4.47. The number of carbonyl (C=O) groups excluding carboxylic acids is 1. The maximum atomic E-state index is 12.2. The van der Waals surface area contributed by atoms with Crippen LogP contribution in [0.4, 0.5) is 4.79 Å². The Kier molecular flexibility index (Phi) is 4.16. The van der Waals surface area contributed by atoms with Crippen molar-refractivity contribution in [1.82, 2.24) is 10.2 Å². The number of hydrogen-bond acceptors (Lipinski definition) is 1. The van der Waals surface area contributed by atoms with E-state index in [1.807, 2.05) is 55.6 Å². The molecule has 0 bridgehead atoms. The number of urea groups is 1. The van der Waals surface area contributed by atoms with Gasteiger partial charge in [0.25, 0.3) is 0 Å². The second kappa shape index (κ2) is 6.24. The summed E-state index contributed by atoms with van der Waals surface area (Å²) in [7, 11) is 0. The third-order valence-electron chi connectivity index (χ3n) is 3.79. The van der Waals surface area contributed by atoms with Gasteiger partial charge in [-0.15, -0.1) is 0 Å². The Hall–Kier alpha value is -2.26. The SMILES string of the molecule is CCN1C=C(c2ccccc2)C(c2ccc(Cl)cc2)NC1=O. The van der Waals surface area contributed by atoms with Crippen LogP contribution >= 0.6 is 11.6 Å². The van der Waals surface area contributed by atoms with Gasteiger partial charge in [0.15, 0.2) is 0 Å². The number of amides is 2. The molecule has 2 aromatic carbocycles. The van der Waals surface area contributed by atoms with Crippen LogP contribution in [0.2, 0.25) is 5.02 Å². The van der Waals surface area contributed by atoms with Gasteiger partial charge in [-0.25, -0.2) is 4.79 Å². The molecule has 1 aliphatic heterocycles. The highest BCUT2D eigenvalue weighted by atomic mass is 35.5. The minimum atomic E-state index is -0.171. The average molecular weight is 313 g/mol. The van der Waals surface area contributed by atoms with E-state index in [0.29, 0.717) is 11.6 Å². The van der Waals surface area contributed by atoms with Crippen LogP contribution in [-0.4, -0.2) is 17.5 Å². The summed E-state index contributed by atoms with van der Waals surface area (Å²) in [6.45, 7) is 2.59. The highest BCUT2D eigenvalue weighted by Crippen LogP contribution is 2.33.